The third-order valence-electron chi connectivity index (χ3n) is 5.16. The normalized spacial score (nSPS) is 11.6. The molecule has 3 rings (SSSR count). The Labute approximate surface area is 172 Å². The Balaban J connectivity index is 1.81. The number of hydrogen-bond acceptors (Lipinski definition) is 1. The summed E-state index contributed by atoms with van der Waals surface area (Å²) in [5, 5.41) is 0. The summed E-state index contributed by atoms with van der Waals surface area (Å²) in [5.41, 5.74) is 5.12. The second kappa shape index (κ2) is 8.36. The maximum Gasteiger partial charge on any atom is 0.165 e. The van der Waals surface area contributed by atoms with E-state index in [4.69, 9.17) is 4.74 Å². The van der Waals surface area contributed by atoms with Crippen LogP contribution < -0.4 is 4.74 Å². The van der Waals surface area contributed by atoms with Crippen LogP contribution in [0.4, 0.5) is 8.78 Å². The number of ether oxygens (including phenoxy) is 1. The molecular formula is C26H28F2O. The first-order chi connectivity index (χ1) is 13.6. The molecule has 0 bridgehead atoms. The Morgan fingerprint density at radius 3 is 1.97 bits per heavy atom. The van der Waals surface area contributed by atoms with Crippen LogP contribution in [-0.2, 0) is 0 Å². The van der Waals surface area contributed by atoms with E-state index >= 15 is 0 Å². The van der Waals surface area contributed by atoms with E-state index in [1.54, 1.807) is 18.2 Å². The highest BCUT2D eigenvalue weighted by atomic mass is 19.1. The first kappa shape index (κ1) is 21.0. The van der Waals surface area contributed by atoms with E-state index in [1.165, 1.54) is 17.7 Å². The van der Waals surface area contributed by atoms with Gasteiger partial charge < -0.3 is 4.74 Å². The zero-order chi connectivity index (χ0) is 21.2. The Bertz CT molecular complexity index is 1020. The Kier molecular flexibility index (Phi) is 6.07. The fourth-order valence-corrected chi connectivity index (χ4v) is 3.10. The van der Waals surface area contributed by atoms with Gasteiger partial charge >= 0.3 is 0 Å². The first-order valence-corrected chi connectivity index (χ1v) is 9.94. The van der Waals surface area contributed by atoms with E-state index in [0.717, 1.165) is 23.1 Å². The van der Waals surface area contributed by atoms with Gasteiger partial charge in [0.25, 0.3) is 0 Å². The van der Waals surface area contributed by atoms with Gasteiger partial charge in [0.15, 0.2) is 11.6 Å². The van der Waals surface area contributed by atoms with Crippen LogP contribution in [0, 0.1) is 30.9 Å². The summed E-state index contributed by atoms with van der Waals surface area (Å²) in [6.07, 6.45) is 0.822. The lowest BCUT2D eigenvalue weighted by molar-refractivity contribution is 0.235. The average molecular weight is 395 g/mol. The van der Waals surface area contributed by atoms with Crippen LogP contribution in [0.1, 0.15) is 38.3 Å². The van der Waals surface area contributed by atoms with Crippen LogP contribution in [0.25, 0.3) is 22.3 Å². The molecule has 0 atom stereocenters. The summed E-state index contributed by atoms with van der Waals surface area (Å²) >= 11 is 0. The van der Waals surface area contributed by atoms with Gasteiger partial charge in [-0.05, 0) is 71.7 Å². The highest BCUT2D eigenvalue weighted by Gasteiger charge is 2.13. The van der Waals surface area contributed by atoms with Gasteiger partial charge in [0.1, 0.15) is 5.82 Å². The molecule has 3 aromatic rings. The third-order valence-corrected chi connectivity index (χ3v) is 5.16. The maximum atomic E-state index is 14.8. The molecule has 0 saturated heterocycles. The van der Waals surface area contributed by atoms with Crippen molar-refractivity contribution in [1.29, 1.82) is 0 Å². The predicted octanol–water partition coefficient (Wildman–Crippen LogP) is 7.73. The van der Waals surface area contributed by atoms with Crippen molar-refractivity contribution in [2.24, 2.45) is 5.41 Å². The van der Waals surface area contributed by atoms with Crippen LogP contribution in [0.15, 0.2) is 54.6 Å². The van der Waals surface area contributed by atoms with E-state index in [9.17, 15) is 8.78 Å². The standard InChI is InChI=1S/C26H28F2O/c1-17-6-7-19(14-18(17)2)20-8-10-22(23(27)15-20)21-9-11-25(24(28)16-21)29-13-12-26(3,4)5/h6-11,14-16H,12-13H2,1-5H3. The van der Waals surface area contributed by atoms with Crippen molar-refractivity contribution in [3.05, 3.63) is 77.4 Å². The molecule has 0 amide bonds. The van der Waals surface area contributed by atoms with E-state index in [1.807, 2.05) is 38.1 Å². The molecule has 0 aliphatic rings. The molecule has 3 heteroatoms. The summed E-state index contributed by atoms with van der Waals surface area (Å²) < 4.78 is 34.8. The summed E-state index contributed by atoms with van der Waals surface area (Å²) in [5.74, 6) is -0.652. The monoisotopic (exact) mass is 394 g/mol. The molecular weight excluding hydrogens is 366 g/mol. The molecule has 0 saturated carbocycles. The minimum atomic E-state index is -0.478. The number of aryl methyl sites for hydroxylation is 2. The zero-order valence-corrected chi connectivity index (χ0v) is 17.8. The van der Waals surface area contributed by atoms with Gasteiger partial charge in [-0.15, -0.1) is 0 Å². The first-order valence-electron chi connectivity index (χ1n) is 9.94. The fourth-order valence-electron chi connectivity index (χ4n) is 3.10. The number of hydrogen-bond donors (Lipinski definition) is 0. The van der Waals surface area contributed by atoms with Crippen molar-refractivity contribution in [3.8, 4) is 28.0 Å². The fraction of sp³-hybridized carbons (Fsp3) is 0.308. The average Bonchev–Trinajstić information content (AvgIpc) is 2.64. The van der Waals surface area contributed by atoms with Crippen LogP contribution >= 0.6 is 0 Å². The quantitative estimate of drug-likeness (QED) is 0.430. The van der Waals surface area contributed by atoms with E-state index < -0.39 is 5.82 Å². The van der Waals surface area contributed by atoms with Crippen molar-refractivity contribution >= 4 is 0 Å². The lowest BCUT2D eigenvalue weighted by Gasteiger charge is -2.18. The molecule has 0 aromatic heterocycles. The van der Waals surface area contributed by atoms with Crippen molar-refractivity contribution in [2.75, 3.05) is 6.61 Å². The zero-order valence-electron chi connectivity index (χ0n) is 17.8. The highest BCUT2D eigenvalue weighted by molar-refractivity contribution is 5.72. The summed E-state index contributed by atoms with van der Waals surface area (Å²) in [6, 6.07) is 15.7. The topological polar surface area (TPSA) is 9.23 Å². The van der Waals surface area contributed by atoms with Gasteiger partial charge in [0.05, 0.1) is 6.61 Å². The Morgan fingerprint density at radius 1 is 0.724 bits per heavy atom. The SMILES string of the molecule is Cc1ccc(-c2ccc(-c3ccc(OCCC(C)(C)C)c(F)c3)c(F)c2)cc1C. The Hall–Kier alpha value is -2.68. The number of halogens is 2. The molecule has 29 heavy (non-hydrogen) atoms. The lowest BCUT2D eigenvalue weighted by Crippen LogP contribution is -2.11. The largest absolute Gasteiger partial charge is 0.490 e. The third kappa shape index (κ3) is 5.23. The van der Waals surface area contributed by atoms with Crippen LogP contribution in [0.5, 0.6) is 5.75 Å². The molecule has 0 unspecified atom stereocenters. The molecule has 0 radical (unpaired) electrons. The van der Waals surface area contributed by atoms with Crippen molar-refractivity contribution in [3.63, 3.8) is 0 Å². The van der Waals surface area contributed by atoms with Crippen LogP contribution in [0.2, 0.25) is 0 Å². The van der Waals surface area contributed by atoms with E-state index in [2.05, 4.69) is 20.8 Å². The summed E-state index contributed by atoms with van der Waals surface area (Å²) in [7, 11) is 0. The molecule has 0 spiro atoms. The molecule has 0 N–H and O–H groups in total. The molecule has 1 nitrogen and oxygen atoms in total. The van der Waals surface area contributed by atoms with E-state index in [-0.39, 0.29) is 17.0 Å². The van der Waals surface area contributed by atoms with Crippen molar-refractivity contribution in [2.45, 2.75) is 41.0 Å². The summed E-state index contributed by atoms with van der Waals surface area (Å²) in [4.78, 5) is 0. The van der Waals surface area contributed by atoms with Gasteiger partial charge in [-0.1, -0.05) is 57.2 Å². The number of rotatable bonds is 5. The minimum absolute atomic E-state index is 0.122. The van der Waals surface area contributed by atoms with Gasteiger partial charge in [-0.25, -0.2) is 8.78 Å². The second-order valence-corrected chi connectivity index (χ2v) is 8.80. The lowest BCUT2D eigenvalue weighted by atomic mass is 9.93. The van der Waals surface area contributed by atoms with Gasteiger partial charge in [0, 0.05) is 5.56 Å². The van der Waals surface area contributed by atoms with Gasteiger partial charge in [0.2, 0.25) is 0 Å². The molecule has 152 valence electrons. The van der Waals surface area contributed by atoms with E-state index in [0.29, 0.717) is 17.7 Å². The van der Waals surface area contributed by atoms with Crippen LogP contribution in [-0.4, -0.2) is 6.61 Å². The molecule has 0 fully saturated rings. The predicted molar refractivity (Wildman–Crippen MR) is 116 cm³/mol. The second-order valence-electron chi connectivity index (χ2n) is 8.80. The van der Waals surface area contributed by atoms with Gasteiger partial charge in [-0.3, -0.25) is 0 Å². The molecule has 0 aliphatic carbocycles. The van der Waals surface area contributed by atoms with Gasteiger partial charge in [-0.2, -0.15) is 0 Å². The summed E-state index contributed by atoms with van der Waals surface area (Å²) in [6.45, 7) is 10.9. The van der Waals surface area contributed by atoms with Crippen molar-refractivity contribution < 1.29 is 13.5 Å². The Morgan fingerprint density at radius 2 is 1.34 bits per heavy atom. The van der Waals surface area contributed by atoms with Crippen molar-refractivity contribution in [1.82, 2.24) is 0 Å². The molecule has 0 aliphatic heterocycles. The highest BCUT2D eigenvalue weighted by Crippen LogP contribution is 2.31. The van der Waals surface area contributed by atoms with Crippen LogP contribution in [0.3, 0.4) is 0 Å². The smallest absolute Gasteiger partial charge is 0.165 e. The molecule has 3 aromatic carbocycles. The maximum absolute atomic E-state index is 14.8. The molecule has 0 heterocycles. The minimum Gasteiger partial charge on any atom is -0.490 e. The number of benzene rings is 3.